The number of para-hydroxylation sites is 2. The second-order valence-electron chi connectivity index (χ2n) is 9.13. The number of nitrogens with zero attached hydrogens (tertiary/aromatic N) is 5. The lowest BCUT2D eigenvalue weighted by Crippen LogP contribution is -2.47. The van der Waals surface area contributed by atoms with Crippen LogP contribution in [0.5, 0.6) is 0 Å². The van der Waals surface area contributed by atoms with Gasteiger partial charge in [-0.1, -0.05) is 36.2 Å². The summed E-state index contributed by atoms with van der Waals surface area (Å²) in [7, 11) is 0. The summed E-state index contributed by atoms with van der Waals surface area (Å²) in [6.45, 7) is 2.89. The second-order valence-corrected chi connectivity index (χ2v) is 9.57. The molecule has 35 heavy (non-hydrogen) atoms. The largest absolute Gasteiger partial charge is 0.461 e. The number of ether oxygens (including phenoxy) is 1. The second kappa shape index (κ2) is 10.5. The highest BCUT2D eigenvalue weighted by Gasteiger charge is 2.33. The standard InChI is InChI=1S/C27H28ClN5O2/c28-19-7-6-8-20(17-19)32-13-15-33(16-14-32)26-25(30-23-11-4-5-12-24(23)31-26)22(18-29)27(34)35-21-9-2-1-3-10-21/h4-8,11-12,17,21-22H,1-3,9-10,13-16H2/t22-/m1/s1. The Hall–Kier alpha value is -3.37. The van der Waals surface area contributed by atoms with Crippen molar-refractivity contribution in [1.29, 1.82) is 5.26 Å². The first-order valence-electron chi connectivity index (χ1n) is 12.2. The van der Waals surface area contributed by atoms with Gasteiger partial charge in [-0.2, -0.15) is 5.26 Å². The van der Waals surface area contributed by atoms with Crippen molar-refractivity contribution in [2.75, 3.05) is 36.0 Å². The first kappa shape index (κ1) is 23.4. The third-order valence-corrected chi connectivity index (χ3v) is 7.04. The van der Waals surface area contributed by atoms with Crippen LogP contribution in [-0.4, -0.2) is 48.2 Å². The molecule has 3 aromatic rings. The number of benzene rings is 2. The van der Waals surface area contributed by atoms with Gasteiger partial charge in [-0.15, -0.1) is 0 Å². The zero-order valence-corrected chi connectivity index (χ0v) is 20.3. The molecule has 1 aliphatic carbocycles. The molecule has 5 rings (SSSR count). The summed E-state index contributed by atoms with van der Waals surface area (Å²) >= 11 is 6.19. The number of halogens is 1. The highest BCUT2D eigenvalue weighted by Crippen LogP contribution is 2.31. The van der Waals surface area contributed by atoms with E-state index in [9.17, 15) is 10.1 Å². The maximum absolute atomic E-state index is 13.1. The Morgan fingerprint density at radius 1 is 0.971 bits per heavy atom. The Morgan fingerprint density at radius 3 is 2.34 bits per heavy atom. The number of hydrogen-bond donors (Lipinski definition) is 0. The van der Waals surface area contributed by atoms with Crippen molar-refractivity contribution in [2.24, 2.45) is 0 Å². The molecule has 0 unspecified atom stereocenters. The van der Waals surface area contributed by atoms with E-state index < -0.39 is 11.9 Å². The number of carbonyl (C=O) groups excluding carboxylic acids is 1. The van der Waals surface area contributed by atoms with Gasteiger partial charge in [-0.25, -0.2) is 9.97 Å². The summed E-state index contributed by atoms with van der Waals surface area (Å²) in [6, 6.07) is 17.5. The Labute approximate surface area is 210 Å². The molecule has 1 atom stereocenters. The maximum atomic E-state index is 13.1. The predicted octanol–water partition coefficient (Wildman–Crippen LogP) is 5.09. The average molecular weight is 490 g/mol. The smallest absolute Gasteiger partial charge is 0.329 e. The van der Waals surface area contributed by atoms with Crippen molar-refractivity contribution < 1.29 is 9.53 Å². The fraction of sp³-hybridized carbons (Fsp3) is 0.407. The summed E-state index contributed by atoms with van der Waals surface area (Å²) in [5, 5.41) is 10.7. The number of hydrogen-bond acceptors (Lipinski definition) is 7. The van der Waals surface area contributed by atoms with Crippen LogP contribution in [0.25, 0.3) is 11.0 Å². The maximum Gasteiger partial charge on any atom is 0.329 e. The van der Waals surface area contributed by atoms with Gasteiger partial charge < -0.3 is 14.5 Å². The summed E-state index contributed by atoms with van der Waals surface area (Å²) in [5.74, 6) is -1.06. The number of carbonyl (C=O) groups is 1. The molecule has 2 heterocycles. The first-order valence-corrected chi connectivity index (χ1v) is 12.6. The highest BCUT2D eigenvalue weighted by molar-refractivity contribution is 6.30. The molecule has 0 N–H and O–H groups in total. The van der Waals surface area contributed by atoms with Gasteiger partial charge in [0.25, 0.3) is 0 Å². The Kier molecular flexibility index (Phi) is 7.01. The lowest BCUT2D eigenvalue weighted by molar-refractivity contribution is -0.150. The van der Waals surface area contributed by atoms with Gasteiger partial charge in [0.15, 0.2) is 11.7 Å². The van der Waals surface area contributed by atoms with Gasteiger partial charge in [0.05, 0.1) is 17.1 Å². The lowest BCUT2D eigenvalue weighted by Gasteiger charge is -2.37. The fourth-order valence-electron chi connectivity index (χ4n) is 4.92. The van der Waals surface area contributed by atoms with E-state index in [-0.39, 0.29) is 6.10 Å². The number of rotatable bonds is 5. The van der Waals surface area contributed by atoms with E-state index in [0.717, 1.165) is 56.4 Å². The van der Waals surface area contributed by atoms with Crippen LogP contribution in [-0.2, 0) is 9.53 Å². The minimum atomic E-state index is -1.12. The molecule has 2 fully saturated rings. The van der Waals surface area contributed by atoms with Crippen LogP contribution >= 0.6 is 11.6 Å². The van der Waals surface area contributed by atoms with E-state index >= 15 is 0 Å². The molecule has 1 saturated heterocycles. The normalized spacial score (nSPS) is 17.7. The van der Waals surface area contributed by atoms with Gasteiger partial charge in [0.1, 0.15) is 11.8 Å². The highest BCUT2D eigenvalue weighted by atomic mass is 35.5. The average Bonchev–Trinajstić information content (AvgIpc) is 2.89. The SMILES string of the molecule is N#C[C@@H](C(=O)OC1CCCCC1)c1nc2ccccc2nc1N1CCN(c2cccc(Cl)c2)CC1. The van der Waals surface area contributed by atoms with Crippen molar-refractivity contribution in [1.82, 2.24) is 9.97 Å². The van der Waals surface area contributed by atoms with E-state index in [1.165, 1.54) is 0 Å². The molecule has 8 heteroatoms. The van der Waals surface area contributed by atoms with Crippen LogP contribution in [0.4, 0.5) is 11.5 Å². The molecule has 0 bridgehead atoms. The van der Waals surface area contributed by atoms with Crippen molar-refractivity contribution in [2.45, 2.75) is 44.1 Å². The molecule has 180 valence electrons. The molecule has 7 nitrogen and oxygen atoms in total. The van der Waals surface area contributed by atoms with Gasteiger partial charge in [0, 0.05) is 36.9 Å². The topological polar surface area (TPSA) is 82.3 Å². The Morgan fingerprint density at radius 2 is 1.66 bits per heavy atom. The van der Waals surface area contributed by atoms with Gasteiger partial charge in [0.2, 0.25) is 0 Å². The van der Waals surface area contributed by atoms with E-state index in [0.29, 0.717) is 35.1 Å². The zero-order valence-electron chi connectivity index (χ0n) is 19.6. The van der Waals surface area contributed by atoms with Crippen LogP contribution in [0.3, 0.4) is 0 Å². The first-order chi connectivity index (χ1) is 17.1. The quantitative estimate of drug-likeness (QED) is 0.461. The van der Waals surface area contributed by atoms with Crippen molar-refractivity contribution in [3.8, 4) is 6.07 Å². The number of piperazine rings is 1. The number of esters is 1. The molecule has 0 radical (unpaired) electrons. The van der Waals surface area contributed by atoms with Gasteiger partial charge >= 0.3 is 5.97 Å². The molecular formula is C27H28ClN5O2. The Bertz CT molecular complexity index is 1250. The van der Waals surface area contributed by atoms with Crippen molar-refractivity contribution in [3.05, 3.63) is 59.2 Å². The van der Waals surface area contributed by atoms with Gasteiger partial charge in [-0.3, -0.25) is 4.79 Å². The Balaban J connectivity index is 1.42. The molecule has 0 amide bonds. The van der Waals surface area contributed by atoms with Crippen molar-refractivity contribution >= 4 is 40.1 Å². The van der Waals surface area contributed by atoms with Crippen LogP contribution < -0.4 is 9.80 Å². The van der Waals surface area contributed by atoms with Crippen LogP contribution in [0.15, 0.2) is 48.5 Å². The molecule has 2 aliphatic rings. The molecule has 1 saturated carbocycles. The molecule has 0 spiro atoms. The molecule has 2 aromatic carbocycles. The number of anilines is 2. The monoisotopic (exact) mass is 489 g/mol. The summed E-state index contributed by atoms with van der Waals surface area (Å²) in [6.07, 6.45) is 4.85. The van der Waals surface area contributed by atoms with E-state index in [2.05, 4.69) is 21.9 Å². The minimum absolute atomic E-state index is 0.120. The molecular weight excluding hydrogens is 462 g/mol. The fourth-order valence-corrected chi connectivity index (χ4v) is 5.11. The summed E-state index contributed by atoms with van der Waals surface area (Å²) in [4.78, 5) is 27.2. The minimum Gasteiger partial charge on any atom is -0.461 e. The van der Waals surface area contributed by atoms with Crippen LogP contribution in [0.1, 0.15) is 43.7 Å². The van der Waals surface area contributed by atoms with E-state index in [1.807, 2.05) is 42.5 Å². The lowest BCUT2D eigenvalue weighted by atomic mass is 9.97. The third kappa shape index (κ3) is 5.18. The van der Waals surface area contributed by atoms with Crippen molar-refractivity contribution in [3.63, 3.8) is 0 Å². The number of fused-ring (bicyclic) bond motifs is 1. The predicted molar refractivity (Wildman–Crippen MR) is 137 cm³/mol. The van der Waals surface area contributed by atoms with Gasteiger partial charge in [-0.05, 0) is 56.0 Å². The molecule has 1 aliphatic heterocycles. The number of aromatic nitrogens is 2. The van der Waals surface area contributed by atoms with E-state index in [1.54, 1.807) is 0 Å². The van der Waals surface area contributed by atoms with Crippen LogP contribution in [0, 0.1) is 11.3 Å². The third-order valence-electron chi connectivity index (χ3n) is 6.80. The zero-order chi connectivity index (χ0) is 24.2. The number of nitriles is 1. The summed E-state index contributed by atoms with van der Waals surface area (Å²) in [5.41, 5.74) is 2.85. The van der Waals surface area contributed by atoms with E-state index in [4.69, 9.17) is 26.3 Å². The van der Waals surface area contributed by atoms with Crippen LogP contribution in [0.2, 0.25) is 5.02 Å². The molecule has 1 aromatic heterocycles. The summed E-state index contributed by atoms with van der Waals surface area (Å²) < 4.78 is 5.77.